The molecule has 4 heterocycles. The van der Waals surface area contributed by atoms with Gasteiger partial charge in [0.15, 0.2) is 6.23 Å². The normalized spacial score (nSPS) is 32.7. The van der Waals surface area contributed by atoms with Crippen LogP contribution in [0.15, 0.2) is 12.3 Å². The molecule has 2 aromatic heterocycles. The number of aliphatic hydroxyl groups is 2. The van der Waals surface area contributed by atoms with Gasteiger partial charge in [0.05, 0.1) is 18.1 Å². The van der Waals surface area contributed by atoms with Crippen LogP contribution in [0, 0.1) is 11.8 Å². The molecule has 13 heteroatoms. The van der Waals surface area contributed by atoms with E-state index in [1.807, 2.05) is 6.07 Å². The number of aromatic nitrogens is 3. The average molecular weight is 475 g/mol. The summed E-state index contributed by atoms with van der Waals surface area (Å²) in [6.45, 7) is 1.85. The van der Waals surface area contributed by atoms with Gasteiger partial charge in [-0.3, -0.25) is 4.57 Å². The minimum absolute atomic E-state index is 0.0336. The molecule has 4 N–H and O–H groups in total. The van der Waals surface area contributed by atoms with E-state index in [1.54, 1.807) is 10.8 Å². The number of piperidine rings is 1. The predicted octanol–water partition coefficient (Wildman–Crippen LogP) is 0.702. The molecule has 2 saturated heterocycles. The first-order chi connectivity index (χ1) is 14.7. The number of anilines is 1. The van der Waals surface area contributed by atoms with Crippen molar-refractivity contribution in [2.75, 3.05) is 30.9 Å². The van der Waals surface area contributed by atoms with Gasteiger partial charge in [0, 0.05) is 19.3 Å². The molecule has 2 aromatic rings. The van der Waals surface area contributed by atoms with Crippen LogP contribution in [0.3, 0.4) is 0 Å². The highest BCUT2D eigenvalue weighted by Crippen LogP contribution is 2.47. The number of fused-ring (bicyclic) bond motifs is 2. The van der Waals surface area contributed by atoms with Crippen molar-refractivity contribution < 1.29 is 34.0 Å². The Labute approximate surface area is 182 Å². The number of hydrogen-bond donors (Lipinski definition) is 4. The third kappa shape index (κ3) is 4.21. The maximum absolute atomic E-state index is 10.9. The maximum atomic E-state index is 10.9. The Morgan fingerprint density at radius 1 is 1.23 bits per heavy atom. The van der Waals surface area contributed by atoms with Crippen LogP contribution in [0.25, 0.3) is 11.0 Å². The van der Waals surface area contributed by atoms with E-state index in [0.29, 0.717) is 5.65 Å². The van der Waals surface area contributed by atoms with Gasteiger partial charge in [0.2, 0.25) is 5.28 Å². The minimum Gasteiger partial charge on any atom is -0.388 e. The Morgan fingerprint density at radius 3 is 2.68 bits per heavy atom. The molecule has 0 amide bonds. The van der Waals surface area contributed by atoms with Gasteiger partial charge < -0.3 is 38.9 Å². The lowest BCUT2D eigenvalue weighted by Gasteiger charge is -2.21. The number of aliphatic hydroxyl groups excluding tert-OH is 2. The lowest BCUT2D eigenvalue weighted by atomic mass is 10.1. The molecule has 3 fully saturated rings. The summed E-state index contributed by atoms with van der Waals surface area (Å²) in [6.07, 6.45) is -1.64. The van der Waals surface area contributed by atoms with Crippen LogP contribution in [0.2, 0.25) is 5.28 Å². The molecule has 1 aliphatic carbocycles. The van der Waals surface area contributed by atoms with Crippen LogP contribution in [0.5, 0.6) is 0 Å². The fourth-order valence-electron chi connectivity index (χ4n) is 4.59. The second-order valence-corrected chi connectivity index (χ2v) is 10.4. The zero-order valence-electron chi connectivity index (χ0n) is 16.5. The van der Waals surface area contributed by atoms with E-state index in [9.17, 15) is 14.8 Å². The largest absolute Gasteiger partial charge is 0.388 e. The number of ether oxygens (including phenoxy) is 2. The van der Waals surface area contributed by atoms with Crippen molar-refractivity contribution in [2.24, 2.45) is 11.8 Å². The van der Waals surface area contributed by atoms with Gasteiger partial charge in [-0.05, 0) is 42.3 Å². The molecule has 2 unspecified atom stereocenters. The molecule has 0 spiro atoms. The minimum atomic E-state index is -4.26. The zero-order valence-corrected chi connectivity index (χ0v) is 18.1. The molecular formula is C18H24ClN4O7P. The van der Waals surface area contributed by atoms with Gasteiger partial charge in [-0.1, -0.05) is 0 Å². The molecule has 31 heavy (non-hydrogen) atoms. The molecular weight excluding hydrogens is 451 g/mol. The van der Waals surface area contributed by atoms with E-state index >= 15 is 0 Å². The number of nitrogens with zero attached hydrogens (tertiary/aromatic N) is 4. The Bertz CT molecular complexity index is 1020. The van der Waals surface area contributed by atoms with Gasteiger partial charge in [-0.2, -0.15) is 9.97 Å². The smallest absolute Gasteiger partial charge is 0.350 e. The summed E-state index contributed by atoms with van der Waals surface area (Å²) in [5, 5.41) is 21.9. The Morgan fingerprint density at radius 2 is 1.97 bits per heavy atom. The molecule has 1 saturated carbocycles. The maximum Gasteiger partial charge on any atom is 0.350 e. The Balaban J connectivity index is 1.34. The third-order valence-corrected chi connectivity index (χ3v) is 6.91. The van der Waals surface area contributed by atoms with Crippen molar-refractivity contribution in [1.82, 2.24) is 14.5 Å². The quantitative estimate of drug-likeness (QED) is 0.256. The molecule has 2 aliphatic heterocycles. The van der Waals surface area contributed by atoms with Gasteiger partial charge in [0.25, 0.3) is 0 Å². The van der Waals surface area contributed by atoms with Gasteiger partial charge in [0.1, 0.15) is 30.0 Å². The monoisotopic (exact) mass is 474 g/mol. The molecule has 0 radical (unpaired) electrons. The lowest BCUT2D eigenvalue weighted by molar-refractivity contribution is -0.0429. The van der Waals surface area contributed by atoms with E-state index in [-0.39, 0.29) is 18.3 Å². The molecule has 6 atom stereocenters. The highest BCUT2D eigenvalue weighted by molar-refractivity contribution is 7.51. The van der Waals surface area contributed by atoms with Crippen LogP contribution >= 0.6 is 19.2 Å². The van der Waals surface area contributed by atoms with Gasteiger partial charge in [-0.25, -0.2) is 0 Å². The van der Waals surface area contributed by atoms with E-state index in [0.717, 1.165) is 36.1 Å². The summed E-state index contributed by atoms with van der Waals surface area (Å²) in [5.74, 6) is 2.19. The van der Waals surface area contributed by atoms with E-state index in [4.69, 9.17) is 30.9 Å². The summed E-state index contributed by atoms with van der Waals surface area (Å²) >= 11 is 6.21. The first-order valence-electron chi connectivity index (χ1n) is 10.1. The first kappa shape index (κ1) is 21.5. The highest BCUT2D eigenvalue weighted by atomic mass is 35.5. The first-order valence-corrected chi connectivity index (χ1v) is 12.3. The fourth-order valence-corrected chi connectivity index (χ4v) is 5.12. The summed E-state index contributed by atoms with van der Waals surface area (Å²) in [5.41, 5.74) is 0.505. The fraction of sp³-hybridized carbons (Fsp3) is 0.667. The molecule has 11 nitrogen and oxygen atoms in total. The van der Waals surface area contributed by atoms with E-state index in [2.05, 4.69) is 14.9 Å². The number of halogens is 1. The van der Waals surface area contributed by atoms with Gasteiger partial charge >= 0.3 is 7.60 Å². The lowest BCUT2D eigenvalue weighted by Crippen LogP contribution is -2.32. The Hall–Kier alpha value is -1.30. The second-order valence-electron chi connectivity index (χ2n) is 8.47. The summed E-state index contributed by atoms with van der Waals surface area (Å²) in [4.78, 5) is 28.7. The van der Waals surface area contributed by atoms with Crippen LogP contribution < -0.4 is 4.90 Å². The van der Waals surface area contributed by atoms with Crippen molar-refractivity contribution in [3.05, 3.63) is 17.5 Å². The average Bonchev–Trinajstić information content (AvgIpc) is 3.00. The van der Waals surface area contributed by atoms with E-state index in [1.165, 1.54) is 6.42 Å². The van der Waals surface area contributed by atoms with Crippen molar-refractivity contribution >= 4 is 36.0 Å². The molecule has 3 aliphatic rings. The van der Waals surface area contributed by atoms with Crippen molar-refractivity contribution in [3.63, 3.8) is 0 Å². The van der Waals surface area contributed by atoms with Gasteiger partial charge in [-0.15, -0.1) is 0 Å². The topological polar surface area (TPSA) is 150 Å². The molecule has 170 valence electrons. The molecule has 0 bridgehead atoms. The predicted molar refractivity (Wildman–Crippen MR) is 110 cm³/mol. The number of hydrogen-bond acceptors (Lipinski definition) is 8. The Kier molecular flexibility index (Phi) is 5.51. The van der Waals surface area contributed by atoms with Crippen LogP contribution in [-0.4, -0.2) is 78.9 Å². The second kappa shape index (κ2) is 7.93. The van der Waals surface area contributed by atoms with Crippen molar-refractivity contribution in [3.8, 4) is 0 Å². The molecule has 0 aromatic carbocycles. The zero-order chi connectivity index (χ0) is 21.9. The number of rotatable bonds is 7. The summed E-state index contributed by atoms with van der Waals surface area (Å²) in [6, 6.07) is 1.85. The summed E-state index contributed by atoms with van der Waals surface area (Å²) < 4.78 is 23.3. The van der Waals surface area contributed by atoms with Crippen LogP contribution in [0.1, 0.15) is 19.1 Å². The molecule has 5 rings (SSSR count). The van der Waals surface area contributed by atoms with Crippen LogP contribution in [0.4, 0.5) is 5.82 Å². The summed E-state index contributed by atoms with van der Waals surface area (Å²) in [7, 11) is -4.26. The van der Waals surface area contributed by atoms with Crippen molar-refractivity contribution in [2.45, 2.75) is 37.4 Å². The highest BCUT2D eigenvalue weighted by Gasteiger charge is 2.47. The SMILES string of the molecule is O=P(O)(O)COCC[C@H]1O[C@@H](n2ccc3c(N4CC5CC5C4)nc(Cl)nc32)[C@H](O)[C@@H]1O. The third-order valence-electron chi connectivity index (χ3n) is 6.22. The van der Waals surface area contributed by atoms with Crippen molar-refractivity contribution in [1.29, 1.82) is 0 Å². The van der Waals surface area contributed by atoms with Crippen LogP contribution in [-0.2, 0) is 14.0 Å². The standard InChI is InChI=1S/C18H24ClN4O7P/c19-18-20-15(22-6-9-5-10(9)7-22)11-1-3-23(16(11)21-18)17-14(25)13(24)12(30-17)2-4-29-8-31(26,27)28/h1,3,9-10,12-14,17,24-25H,2,4-8H2,(H2,26,27,28)/t9?,10?,12-,13-,14-,17-/m1/s1. The van der Waals surface area contributed by atoms with E-state index < -0.39 is 38.5 Å².